The minimum absolute atomic E-state index is 0.241. The molecule has 1 aliphatic carbocycles. The fraction of sp³-hybridized carbons (Fsp3) is 0.208. The molecule has 1 saturated carbocycles. The first-order chi connectivity index (χ1) is 14.4. The van der Waals surface area contributed by atoms with Gasteiger partial charge in [0.25, 0.3) is 0 Å². The molecule has 0 radical (unpaired) electrons. The molecule has 4 rings (SSSR count). The Balaban J connectivity index is 1.72. The molecule has 154 valence electrons. The molecule has 30 heavy (non-hydrogen) atoms. The van der Waals surface area contributed by atoms with Crippen LogP contribution in [0.25, 0.3) is 22.0 Å². The lowest BCUT2D eigenvalue weighted by molar-refractivity contribution is -0.274. The van der Waals surface area contributed by atoms with E-state index in [2.05, 4.69) is 27.7 Å². The smallest absolute Gasteiger partial charge is 0.406 e. The molecule has 0 aliphatic heterocycles. The lowest BCUT2D eigenvalue weighted by atomic mass is 9.94. The van der Waals surface area contributed by atoms with Crippen molar-refractivity contribution in [1.29, 1.82) is 0 Å². The standard InChI is InChI=1S/C24H21F3N2O/c1-3-22(17-6-7-17)29-14-18-13-21(20-5-4-12-28-23(20)15(18)2)16-8-10-19(11-9-16)30-24(25,26)27/h3-5,8-13,29H,1,6-7,14H2,2H3. The largest absolute Gasteiger partial charge is 0.573 e. The number of benzene rings is 2. The fourth-order valence-corrected chi connectivity index (χ4v) is 3.56. The summed E-state index contributed by atoms with van der Waals surface area (Å²) in [6.45, 7) is 6.53. The van der Waals surface area contributed by atoms with Crippen LogP contribution in [0.1, 0.15) is 24.0 Å². The quantitative estimate of drug-likeness (QED) is 0.508. The van der Waals surface area contributed by atoms with Crippen LogP contribution >= 0.6 is 0 Å². The number of ether oxygens (including phenoxy) is 1. The zero-order valence-corrected chi connectivity index (χ0v) is 16.5. The summed E-state index contributed by atoms with van der Waals surface area (Å²) in [5.41, 5.74) is 7.19. The first kappa shape index (κ1) is 20.0. The predicted octanol–water partition coefficient (Wildman–Crippen LogP) is 6.43. The van der Waals surface area contributed by atoms with Crippen molar-refractivity contribution >= 4 is 10.9 Å². The summed E-state index contributed by atoms with van der Waals surface area (Å²) in [6.07, 6.45) is 1.09. The molecule has 1 aromatic heterocycles. The molecule has 2 aromatic carbocycles. The number of alkyl halides is 3. The summed E-state index contributed by atoms with van der Waals surface area (Å²) in [6, 6.07) is 11.8. The van der Waals surface area contributed by atoms with Crippen LogP contribution in [0.5, 0.6) is 5.75 Å². The van der Waals surface area contributed by atoms with Gasteiger partial charge in [-0.05, 0) is 77.9 Å². The van der Waals surface area contributed by atoms with Gasteiger partial charge < -0.3 is 10.1 Å². The molecule has 0 spiro atoms. The number of aromatic nitrogens is 1. The maximum absolute atomic E-state index is 12.5. The van der Waals surface area contributed by atoms with Crippen LogP contribution in [-0.2, 0) is 6.54 Å². The van der Waals surface area contributed by atoms with Gasteiger partial charge in [0.2, 0.25) is 0 Å². The van der Waals surface area contributed by atoms with Crippen molar-refractivity contribution in [2.24, 2.45) is 0 Å². The van der Waals surface area contributed by atoms with Crippen molar-refractivity contribution in [3.8, 4) is 16.9 Å². The Hall–Kier alpha value is -3.28. The summed E-state index contributed by atoms with van der Waals surface area (Å²) in [4.78, 5) is 4.55. The Morgan fingerprint density at radius 1 is 1.20 bits per heavy atom. The second kappa shape index (κ2) is 7.86. The van der Waals surface area contributed by atoms with Gasteiger partial charge in [-0.1, -0.05) is 24.8 Å². The minimum atomic E-state index is -4.71. The third-order valence-corrected chi connectivity index (χ3v) is 5.21. The lowest BCUT2D eigenvalue weighted by Crippen LogP contribution is -2.16. The molecule has 0 amide bonds. The van der Waals surface area contributed by atoms with E-state index in [9.17, 15) is 13.2 Å². The molecule has 0 unspecified atom stereocenters. The van der Waals surface area contributed by atoms with E-state index in [-0.39, 0.29) is 5.75 Å². The summed E-state index contributed by atoms with van der Waals surface area (Å²) >= 11 is 0. The summed E-state index contributed by atoms with van der Waals surface area (Å²) < 4.78 is 41.4. The number of aryl methyl sites for hydroxylation is 1. The van der Waals surface area contributed by atoms with Gasteiger partial charge in [0.05, 0.1) is 5.52 Å². The van der Waals surface area contributed by atoms with E-state index < -0.39 is 6.36 Å². The molecule has 1 heterocycles. The topological polar surface area (TPSA) is 34.1 Å². The molecule has 0 saturated heterocycles. The number of pyridine rings is 1. The van der Waals surface area contributed by atoms with E-state index >= 15 is 0 Å². The van der Waals surface area contributed by atoms with Crippen molar-refractivity contribution in [3.63, 3.8) is 0 Å². The predicted molar refractivity (Wildman–Crippen MR) is 112 cm³/mol. The van der Waals surface area contributed by atoms with Gasteiger partial charge in [0.15, 0.2) is 0 Å². The maximum Gasteiger partial charge on any atom is 0.573 e. The molecule has 6 heteroatoms. The van der Waals surface area contributed by atoms with Crippen molar-refractivity contribution in [2.75, 3.05) is 0 Å². The van der Waals surface area contributed by atoms with Crippen LogP contribution in [0.2, 0.25) is 0 Å². The highest BCUT2D eigenvalue weighted by Crippen LogP contribution is 2.34. The summed E-state index contributed by atoms with van der Waals surface area (Å²) in [5.74, 6) is -0.241. The second-order valence-electron chi connectivity index (χ2n) is 7.25. The Labute approximate surface area is 172 Å². The van der Waals surface area contributed by atoms with Crippen molar-refractivity contribution in [3.05, 3.63) is 83.7 Å². The van der Waals surface area contributed by atoms with E-state index in [4.69, 9.17) is 0 Å². The van der Waals surface area contributed by atoms with E-state index in [0.29, 0.717) is 6.54 Å². The van der Waals surface area contributed by atoms with Gasteiger partial charge in [0, 0.05) is 23.8 Å². The zero-order valence-electron chi connectivity index (χ0n) is 16.5. The van der Waals surface area contributed by atoms with Crippen LogP contribution in [0, 0.1) is 6.92 Å². The average Bonchev–Trinajstić information content (AvgIpc) is 3.55. The number of nitrogens with zero attached hydrogens (tertiary/aromatic N) is 1. The van der Waals surface area contributed by atoms with E-state index in [1.807, 2.05) is 25.1 Å². The Morgan fingerprint density at radius 2 is 1.93 bits per heavy atom. The first-order valence-corrected chi connectivity index (χ1v) is 9.67. The normalized spacial score (nSPS) is 13.3. The monoisotopic (exact) mass is 410 g/mol. The summed E-state index contributed by atoms with van der Waals surface area (Å²) in [5, 5.41) is 4.41. The molecule has 1 N–H and O–H groups in total. The van der Waals surface area contributed by atoms with Crippen molar-refractivity contribution < 1.29 is 17.9 Å². The molecule has 3 aromatic rings. The first-order valence-electron chi connectivity index (χ1n) is 9.67. The number of hydrogen-bond donors (Lipinski definition) is 1. The number of hydrogen-bond acceptors (Lipinski definition) is 3. The van der Waals surface area contributed by atoms with Crippen LogP contribution in [0.15, 0.2) is 72.6 Å². The van der Waals surface area contributed by atoms with Crippen LogP contribution < -0.4 is 10.1 Å². The van der Waals surface area contributed by atoms with Crippen LogP contribution in [-0.4, -0.2) is 11.3 Å². The van der Waals surface area contributed by atoms with Crippen LogP contribution in [0.4, 0.5) is 13.2 Å². The van der Waals surface area contributed by atoms with Gasteiger partial charge in [-0.3, -0.25) is 4.98 Å². The van der Waals surface area contributed by atoms with E-state index in [0.717, 1.165) is 51.7 Å². The fourth-order valence-electron chi connectivity index (χ4n) is 3.56. The SMILES string of the molecule is C=CC(NCc1cc(-c2ccc(OC(F)(F)F)cc2)c2cccnc2c1C)=C1CC1. The van der Waals surface area contributed by atoms with Crippen molar-refractivity contribution in [2.45, 2.75) is 32.7 Å². The Morgan fingerprint density at radius 3 is 2.57 bits per heavy atom. The molecule has 3 nitrogen and oxygen atoms in total. The number of rotatable bonds is 6. The summed E-state index contributed by atoms with van der Waals surface area (Å²) in [7, 11) is 0. The van der Waals surface area contributed by atoms with E-state index in [1.54, 1.807) is 18.3 Å². The minimum Gasteiger partial charge on any atom is -0.406 e. The Bertz CT molecular complexity index is 1130. The van der Waals surface area contributed by atoms with Crippen molar-refractivity contribution in [1.82, 2.24) is 10.3 Å². The number of halogens is 3. The highest BCUT2D eigenvalue weighted by molar-refractivity contribution is 5.97. The maximum atomic E-state index is 12.5. The third kappa shape index (κ3) is 4.32. The molecule has 1 fully saturated rings. The van der Waals surface area contributed by atoms with Gasteiger partial charge in [-0.25, -0.2) is 0 Å². The average molecular weight is 410 g/mol. The second-order valence-corrected chi connectivity index (χ2v) is 7.25. The molecular formula is C24H21F3N2O. The molecular weight excluding hydrogens is 389 g/mol. The highest BCUT2D eigenvalue weighted by Gasteiger charge is 2.31. The van der Waals surface area contributed by atoms with Gasteiger partial charge >= 0.3 is 6.36 Å². The third-order valence-electron chi connectivity index (χ3n) is 5.21. The van der Waals surface area contributed by atoms with E-state index in [1.165, 1.54) is 17.7 Å². The van der Waals surface area contributed by atoms with Gasteiger partial charge in [0.1, 0.15) is 5.75 Å². The number of allylic oxidation sites excluding steroid dienone is 2. The van der Waals surface area contributed by atoms with Crippen LogP contribution in [0.3, 0.4) is 0 Å². The van der Waals surface area contributed by atoms with Gasteiger partial charge in [-0.2, -0.15) is 0 Å². The van der Waals surface area contributed by atoms with Gasteiger partial charge in [-0.15, -0.1) is 13.2 Å². The lowest BCUT2D eigenvalue weighted by Gasteiger charge is -2.16. The molecule has 0 bridgehead atoms. The molecule has 1 aliphatic rings. The Kier molecular flexibility index (Phi) is 5.24. The highest BCUT2D eigenvalue weighted by atomic mass is 19.4. The molecule has 0 atom stereocenters. The number of nitrogens with one attached hydrogen (secondary N) is 1. The zero-order chi connectivity index (χ0) is 21.3. The number of fused-ring (bicyclic) bond motifs is 1.